The maximum atomic E-state index is 11.9. The normalized spacial score (nSPS) is 13.6. The van der Waals surface area contributed by atoms with E-state index in [1.165, 1.54) is 0 Å². The molecule has 0 saturated heterocycles. The fourth-order valence-corrected chi connectivity index (χ4v) is 1.31. The molecule has 0 aromatic carbocycles. The molecule has 0 fully saturated rings. The van der Waals surface area contributed by atoms with Crippen LogP contribution in [0, 0.1) is 0 Å². The molecule has 1 unspecified atom stereocenters. The van der Waals surface area contributed by atoms with Crippen molar-refractivity contribution in [3.05, 3.63) is 0 Å². The highest BCUT2D eigenvalue weighted by Gasteiger charge is 2.24. The van der Waals surface area contributed by atoms with E-state index in [2.05, 4.69) is 5.32 Å². The molecule has 0 aromatic rings. The summed E-state index contributed by atoms with van der Waals surface area (Å²) in [7, 11) is 1.84. The Morgan fingerprint density at radius 3 is 2.44 bits per heavy atom. The van der Waals surface area contributed by atoms with E-state index in [1.807, 2.05) is 39.6 Å². The lowest BCUT2D eigenvalue weighted by atomic mass is 10.0. The van der Waals surface area contributed by atoms with E-state index in [0.717, 1.165) is 6.42 Å². The number of hydrogen-bond acceptors (Lipinski definition) is 3. The van der Waals surface area contributed by atoms with Crippen molar-refractivity contribution in [2.45, 2.75) is 45.7 Å². The maximum absolute atomic E-state index is 11.9. The third-order valence-electron chi connectivity index (χ3n) is 2.79. The zero-order valence-corrected chi connectivity index (χ0v) is 11.6. The monoisotopic (exact) mass is 245 g/mol. The Bertz CT molecular complexity index is 266. The van der Waals surface area contributed by atoms with Gasteiger partial charge in [0, 0.05) is 12.1 Å². The van der Waals surface area contributed by atoms with Crippen LogP contribution in [0.15, 0.2) is 0 Å². The zero-order chi connectivity index (χ0) is 12.9. The Balaban J connectivity index is 4.33. The molecule has 0 radical (unpaired) electrons. The topological polar surface area (TPSA) is 58.4 Å². The van der Waals surface area contributed by atoms with Crippen LogP contribution in [0.1, 0.15) is 34.1 Å². The number of hydrogen-bond donors (Lipinski definition) is 2. The number of rotatable bonds is 6. The highest BCUT2D eigenvalue weighted by atomic mass is 32.1. The van der Waals surface area contributed by atoms with Gasteiger partial charge in [0.15, 0.2) is 0 Å². The predicted molar refractivity (Wildman–Crippen MR) is 71.4 cm³/mol. The first-order valence-corrected chi connectivity index (χ1v) is 5.91. The molecule has 0 aliphatic carbocycles. The standard InChI is InChI=1S/C11H23N3OS/c1-6-11(3,4)13-10(15)8(2)14(5)7-9(12)16/h8H,6-7H2,1-5H3,(H2,12,16)(H,13,15). The molecule has 0 saturated carbocycles. The minimum absolute atomic E-state index is 0.00519. The Kier molecular flexibility index (Phi) is 5.89. The lowest BCUT2D eigenvalue weighted by Gasteiger charge is -2.29. The molecule has 94 valence electrons. The van der Waals surface area contributed by atoms with Crippen LogP contribution in [0.4, 0.5) is 0 Å². The van der Waals surface area contributed by atoms with Crippen molar-refractivity contribution in [2.24, 2.45) is 5.73 Å². The van der Waals surface area contributed by atoms with Gasteiger partial charge in [0.05, 0.1) is 11.0 Å². The van der Waals surface area contributed by atoms with Crippen molar-refractivity contribution in [1.82, 2.24) is 10.2 Å². The van der Waals surface area contributed by atoms with Gasteiger partial charge in [-0.1, -0.05) is 19.1 Å². The van der Waals surface area contributed by atoms with Crippen molar-refractivity contribution < 1.29 is 4.79 Å². The lowest BCUT2D eigenvalue weighted by Crippen LogP contribution is -2.52. The third kappa shape index (κ3) is 5.42. The summed E-state index contributed by atoms with van der Waals surface area (Å²) in [5.41, 5.74) is 5.27. The first-order valence-electron chi connectivity index (χ1n) is 5.50. The molecule has 4 nitrogen and oxygen atoms in total. The highest BCUT2D eigenvalue weighted by molar-refractivity contribution is 7.80. The number of carbonyl (C=O) groups excluding carboxylic acids is 1. The smallest absolute Gasteiger partial charge is 0.237 e. The fraction of sp³-hybridized carbons (Fsp3) is 0.818. The second-order valence-electron chi connectivity index (χ2n) is 4.78. The summed E-state index contributed by atoms with van der Waals surface area (Å²) in [4.78, 5) is 14.1. The van der Waals surface area contributed by atoms with Crippen LogP contribution in [-0.4, -0.2) is 41.0 Å². The lowest BCUT2D eigenvalue weighted by molar-refractivity contribution is -0.126. The fourth-order valence-electron chi connectivity index (χ4n) is 1.11. The maximum Gasteiger partial charge on any atom is 0.237 e. The minimum Gasteiger partial charge on any atom is -0.392 e. The Morgan fingerprint density at radius 2 is 2.06 bits per heavy atom. The largest absolute Gasteiger partial charge is 0.392 e. The van der Waals surface area contributed by atoms with Gasteiger partial charge in [0.2, 0.25) is 5.91 Å². The average Bonchev–Trinajstić information content (AvgIpc) is 2.14. The van der Waals surface area contributed by atoms with Gasteiger partial charge in [0.1, 0.15) is 0 Å². The van der Waals surface area contributed by atoms with Gasteiger partial charge in [0.25, 0.3) is 0 Å². The molecule has 0 spiro atoms. The van der Waals surface area contributed by atoms with Crippen molar-refractivity contribution >= 4 is 23.1 Å². The average molecular weight is 245 g/mol. The molecule has 0 aromatic heterocycles. The van der Waals surface area contributed by atoms with Gasteiger partial charge < -0.3 is 11.1 Å². The molecule has 16 heavy (non-hydrogen) atoms. The number of thiocarbonyl (C=S) groups is 1. The van der Waals surface area contributed by atoms with E-state index < -0.39 is 0 Å². The molecule has 5 heteroatoms. The van der Waals surface area contributed by atoms with Crippen LogP contribution in [0.5, 0.6) is 0 Å². The van der Waals surface area contributed by atoms with E-state index in [-0.39, 0.29) is 17.5 Å². The molecule has 0 aliphatic heterocycles. The Morgan fingerprint density at radius 1 is 1.56 bits per heavy atom. The SMILES string of the molecule is CCC(C)(C)NC(=O)C(C)N(C)CC(N)=S. The quantitative estimate of drug-likeness (QED) is 0.683. The molecule has 3 N–H and O–H groups in total. The third-order valence-corrected chi connectivity index (χ3v) is 2.92. The second kappa shape index (κ2) is 6.15. The minimum atomic E-state index is -0.229. The molecular formula is C11H23N3OS. The molecular weight excluding hydrogens is 222 g/mol. The summed E-state index contributed by atoms with van der Waals surface area (Å²) in [6, 6.07) is -0.229. The summed E-state index contributed by atoms with van der Waals surface area (Å²) in [5, 5.41) is 3.00. The number of amides is 1. The predicted octanol–water partition coefficient (Wildman–Crippen LogP) is 0.898. The molecule has 1 atom stereocenters. The number of likely N-dealkylation sites (N-methyl/N-ethyl adjacent to an activating group) is 1. The van der Waals surface area contributed by atoms with E-state index in [0.29, 0.717) is 11.5 Å². The molecule has 0 bridgehead atoms. The van der Waals surface area contributed by atoms with E-state index in [9.17, 15) is 4.79 Å². The van der Waals surface area contributed by atoms with Gasteiger partial charge in [-0.2, -0.15) is 0 Å². The zero-order valence-electron chi connectivity index (χ0n) is 10.8. The van der Waals surface area contributed by atoms with Crippen LogP contribution in [0.3, 0.4) is 0 Å². The molecule has 0 heterocycles. The number of carbonyl (C=O) groups is 1. The van der Waals surface area contributed by atoms with Crippen molar-refractivity contribution in [3.63, 3.8) is 0 Å². The summed E-state index contributed by atoms with van der Waals surface area (Å²) in [5.74, 6) is 0.00519. The van der Waals surface area contributed by atoms with E-state index >= 15 is 0 Å². The molecule has 0 aliphatic rings. The summed E-state index contributed by atoms with van der Waals surface area (Å²) in [6.07, 6.45) is 0.893. The first kappa shape index (κ1) is 15.3. The van der Waals surface area contributed by atoms with Crippen molar-refractivity contribution in [1.29, 1.82) is 0 Å². The van der Waals surface area contributed by atoms with Crippen LogP contribution in [-0.2, 0) is 4.79 Å². The number of nitrogens with two attached hydrogens (primary N) is 1. The van der Waals surface area contributed by atoms with Gasteiger partial charge in [-0.05, 0) is 34.2 Å². The van der Waals surface area contributed by atoms with Crippen LogP contribution >= 0.6 is 12.2 Å². The summed E-state index contributed by atoms with van der Waals surface area (Å²) >= 11 is 4.81. The van der Waals surface area contributed by atoms with E-state index in [1.54, 1.807) is 0 Å². The van der Waals surface area contributed by atoms with Crippen molar-refractivity contribution in [2.75, 3.05) is 13.6 Å². The first-order chi connectivity index (χ1) is 7.19. The number of nitrogens with zero attached hydrogens (tertiary/aromatic N) is 1. The van der Waals surface area contributed by atoms with Gasteiger partial charge >= 0.3 is 0 Å². The Labute approximate surface area is 104 Å². The second-order valence-corrected chi connectivity index (χ2v) is 5.31. The molecule has 0 rings (SSSR count). The van der Waals surface area contributed by atoms with Gasteiger partial charge in [-0.3, -0.25) is 9.69 Å². The molecule has 1 amide bonds. The Hall–Kier alpha value is -0.680. The van der Waals surface area contributed by atoms with Crippen LogP contribution in [0.2, 0.25) is 0 Å². The van der Waals surface area contributed by atoms with Crippen LogP contribution < -0.4 is 11.1 Å². The van der Waals surface area contributed by atoms with Gasteiger partial charge in [-0.25, -0.2) is 0 Å². The summed E-state index contributed by atoms with van der Waals surface area (Å²) < 4.78 is 0. The van der Waals surface area contributed by atoms with E-state index in [4.69, 9.17) is 18.0 Å². The summed E-state index contributed by atoms with van der Waals surface area (Å²) in [6.45, 7) is 8.36. The highest BCUT2D eigenvalue weighted by Crippen LogP contribution is 2.08. The number of nitrogens with one attached hydrogen (secondary N) is 1. The van der Waals surface area contributed by atoms with Gasteiger partial charge in [-0.15, -0.1) is 0 Å². The van der Waals surface area contributed by atoms with Crippen LogP contribution in [0.25, 0.3) is 0 Å². The van der Waals surface area contributed by atoms with Crippen molar-refractivity contribution in [3.8, 4) is 0 Å².